The molecule has 0 atom stereocenters. The number of nitriles is 1. The van der Waals surface area contributed by atoms with Gasteiger partial charge in [0.05, 0.1) is 29.1 Å². The van der Waals surface area contributed by atoms with E-state index < -0.39 is 0 Å². The Kier molecular flexibility index (Phi) is 4.90. The summed E-state index contributed by atoms with van der Waals surface area (Å²) >= 11 is 0. The number of carbonyl (C=O) groups is 2. The Morgan fingerprint density at radius 1 is 1.12 bits per heavy atom. The topological polar surface area (TPSA) is 89.3 Å². The highest BCUT2D eigenvalue weighted by molar-refractivity contribution is 5.95. The van der Waals surface area contributed by atoms with Gasteiger partial charge in [0.25, 0.3) is 5.91 Å². The highest BCUT2D eigenvalue weighted by Crippen LogP contribution is 2.18. The van der Waals surface area contributed by atoms with Crippen LogP contribution in [0.1, 0.15) is 15.9 Å². The summed E-state index contributed by atoms with van der Waals surface area (Å²) in [6.45, 7) is 2.13. The number of amides is 2. The molecule has 2 heterocycles. The van der Waals surface area contributed by atoms with E-state index in [2.05, 4.69) is 16.4 Å². The van der Waals surface area contributed by atoms with Gasteiger partial charge in [0, 0.05) is 38.1 Å². The summed E-state index contributed by atoms with van der Waals surface area (Å²) in [7, 11) is 0. The molecule has 1 N–H and O–H groups in total. The molecule has 0 spiro atoms. The molecule has 1 fully saturated rings. The average Bonchev–Trinajstić information content (AvgIpc) is 2.68. The zero-order chi connectivity index (χ0) is 17.6. The van der Waals surface area contributed by atoms with Crippen LogP contribution < -0.4 is 5.32 Å². The quantitative estimate of drug-likeness (QED) is 0.858. The van der Waals surface area contributed by atoms with Crippen molar-refractivity contribution in [3.8, 4) is 6.07 Å². The molecule has 126 valence electrons. The Morgan fingerprint density at radius 3 is 2.48 bits per heavy atom. The second-order valence-corrected chi connectivity index (χ2v) is 5.71. The van der Waals surface area contributed by atoms with Crippen LogP contribution >= 0.6 is 0 Å². The summed E-state index contributed by atoms with van der Waals surface area (Å²) in [4.78, 5) is 30.9. The van der Waals surface area contributed by atoms with E-state index in [0.29, 0.717) is 43.0 Å². The van der Waals surface area contributed by atoms with Gasteiger partial charge in [0.15, 0.2) is 0 Å². The van der Waals surface area contributed by atoms with Gasteiger partial charge in [0.2, 0.25) is 6.41 Å². The van der Waals surface area contributed by atoms with Crippen LogP contribution in [-0.2, 0) is 4.79 Å². The van der Waals surface area contributed by atoms with Gasteiger partial charge in [-0.2, -0.15) is 5.26 Å². The number of nitrogens with one attached hydrogen (secondary N) is 1. The van der Waals surface area contributed by atoms with Crippen LogP contribution in [0, 0.1) is 11.3 Å². The molecule has 7 heteroatoms. The number of benzene rings is 1. The summed E-state index contributed by atoms with van der Waals surface area (Å²) in [6.07, 6.45) is 3.99. The fourth-order valence-corrected chi connectivity index (χ4v) is 2.63. The number of carbonyl (C=O) groups excluding carboxylic acids is 2. The minimum Gasteiger partial charge on any atom is -0.354 e. The summed E-state index contributed by atoms with van der Waals surface area (Å²) in [5.74, 6) is -0.0958. The monoisotopic (exact) mass is 335 g/mol. The standard InChI is InChI=1S/C18H17N5O2/c19-10-14-1-3-16(4-2-14)21-17-9-15(11-20-12-17)18(25)23-7-5-22(13-24)6-8-23/h1-4,9,11-13,21H,5-8H2. The van der Waals surface area contributed by atoms with E-state index in [1.165, 1.54) is 0 Å². The summed E-state index contributed by atoms with van der Waals surface area (Å²) in [6, 6.07) is 10.9. The first kappa shape index (κ1) is 16.5. The number of nitrogens with zero attached hydrogens (tertiary/aromatic N) is 4. The van der Waals surface area contributed by atoms with Gasteiger partial charge in [-0.15, -0.1) is 0 Å². The lowest BCUT2D eigenvalue weighted by Gasteiger charge is -2.32. The Balaban J connectivity index is 1.69. The molecule has 1 aliphatic rings. The second-order valence-electron chi connectivity index (χ2n) is 5.71. The number of aromatic nitrogens is 1. The maximum Gasteiger partial charge on any atom is 0.255 e. The second kappa shape index (κ2) is 7.45. The molecule has 3 rings (SSSR count). The maximum absolute atomic E-state index is 12.6. The van der Waals surface area contributed by atoms with E-state index in [1.54, 1.807) is 52.5 Å². The fourth-order valence-electron chi connectivity index (χ4n) is 2.63. The largest absolute Gasteiger partial charge is 0.354 e. The molecular weight excluding hydrogens is 318 g/mol. The molecule has 1 aliphatic heterocycles. The Bertz CT molecular complexity index is 805. The minimum absolute atomic E-state index is 0.0958. The first-order chi connectivity index (χ1) is 12.2. The maximum atomic E-state index is 12.6. The van der Waals surface area contributed by atoms with Gasteiger partial charge in [0.1, 0.15) is 0 Å². The van der Waals surface area contributed by atoms with Gasteiger partial charge >= 0.3 is 0 Å². The number of anilines is 2. The minimum atomic E-state index is -0.0958. The van der Waals surface area contributed by atoms with Crippen molar-refractivity contribution < 1.29 is 9.59 Å². The molecule has 1 aromatic carbocycles. The van der Waals surface area contributed by atoms with Crippen LogP contribution in [0.25, 0.3) is 0 Å². The lowest BCUT2D eigenvalue weighted by molar-refractivity contribution is -0.119. The summed E-state index contributed by atoms with van der Waals surface area (Å²) in [5, 5.41) is 12.0. The zero-order valence-electron chi connectivity index (χ0n) is 13.6. The van der Waals surface area contributed by atoms with Crippen LogP contribution in [0.4, 0.5) is 11.4 Å². The smallest absolute Gasteiger partial charge is 0.255 e. The number of rotatable bonds is 4. The van der Waals surface area contributed by atoms with E-state index in [4.69, 9.17) is 5.26 Å². The Labute approximate surface area is 145 Å². The van der Waals surface area contributed by atoms with Gasteiger partial charge in [-0.3, -0.25) is 14.6 Å². The van der Waals surface area contributed by atoms with Crippen LogP contribution in [0.2, 0.25) is 0 Å². The number of piperazine rings is 1. The molecule has 2 amide bonds. The van der Waals surface area contributed by atoms with Gasteiger partial charge in [-0.1, -0.05) is 0 Å². The van der Waals surface area contributed by atoms with Crippen molar-refractivity contribution in [3.63, 3.8) is 0 Å². The SMILES string of the molecule is N#Cc1ccc(Nc2cncc(C(=O)N3CCN(C=O)CC3)c2)cc1. The number of hydrogen-bond acceptors (Lipinski definition) is 5. The van der Waals surface area contributed by atoms with Gasteiger partial charge in [-0.25, -0.2) is 0 Å². The summed E-state index contributed by atoms with van der Waals surface area (Å²) in [5.41, 5.74) is 2.59. The predicted octanol–water partition coefficient (Wildman–Crippen LogP) is 1.61. The van der Waals surface area contributed by atoms with Crippen molar-refractivity contribution in [2.75, 3.05) is 31.5 Å². The lowest BCUT2D eigenvalue weighted by Crippen LogP contribution is -2.48. The Morgan fingerprint density at radius 2 is 1.84 bits per heavy atom. The van der Waals surface area contributed by atoms with Crippen LogP contribution in [0.5, 0.6) is 0 Å². The lowest BCUT2D eigenvalue weighted by atomic mass is 10.2. The summed E-state index contributed by atoms with van der Waals surface area (Å²) < 4.78 is 0. The van der Waals surface area contributed by atoms with Crippen LogP contribution in [0.15, 0.2) is 42.7 Å². The molecule has 25 heavy (non-hydrogen) atoms. The molecule has 0 saturated carbocycles. The average molecular weight is 335 g/mol. The molecule has 0 radical (unpaired) electrons. The fraction of sp³-hybridized carbons (Fsp3) is 0.222. The molecule has 1 aromatic heterocycles. The van der Waals surface area contributed by atoms with Crippen LogP contribution in [0.3, 0.4) is 0 Å². The third-order valence-electron chi connectivity index (χ3n) is 4.04. The molecule has 7 nitrogen and oxygen atoms in total. The first-order valence-corrected chi connectivity index (χ1v) is 7.90. The molecule has 0 bridgehead atoms. The highest BCUT2D eigenvalue weighted by Gasteiger charge is 2.21. The highest BCUT2D eigenvalue weighted by atomic mass is 16.2. The number of pyridine rings is 1. The molecular formula is C18H17N5O2. The number of hydrogen-bond donors (Lipinski definition) is 1. The van der Waals surface area contributed by atoms with Gasteiger partial charge in [-0.05, 0) is 30.3 Å². The van der Waals surface area contributed by atoms with Crippen molar-refractivity contribution in [3.05, 3.63) is 53.9 Å². The molecule has 0 aliphatic carbocycles. The normalized spacial score (nSPS) is 13.9. The van der Waals surface area contributed by atoms with E-state index in [-0.39, 0.29) is 5.91 Å². The first-order valence-electron chi connectivity index (χ1n) is 7.90. The van der Waals surface area contributed by atoms with Crippen molar-refractivity contribution >= 4 is 23.7 Å². The van der Waals surface area contributed by atoms with Crippen molar-refractivity contribution in [2.45, 2.75) is 0 Å². The van der Waals surface area contributed by atoms with Crippen molar-refractivity contribution in [2.24, 2.45) is 0 Å². The predicted molar refractivity (Wildman–Crippen MR) is 92.2 cm³/mol. The zero-order valence-corrected chi connectivity index (χ0v) is 13.6. The van der Waals surface area contributed by atoms with Crippen LogP contribution in [-0.4, -0.2) is 53.3 Å². The van der Waals surface area contributed by atoms with E-state index in [9.17, 15) is 9.59 Å². The van der Waals surface area contributed by atoms with E-state index in [0.717, 1.165) is 12.1 Å². The van der Waals surface area contributed by atoms with Gasteiger partial charge < -0.3 is 15.1 Å². The van der Waals surface area contributed by atoms with E-state index >= 15 is 0 Å². The molecule has 0 unspecified atom stereocenters. The van der Waals surface area contributed by atoms with Crippen molar-refractivity contribution in [1.29, 1.82) is 5.26 Å². The molecule has 2 aromatic rings. The molecule has 1 saturated heterocycles. The Hall–Kier alpha value is -3.40. The third kappa shape index (κ3) is 3.93. The van der Waals surface area contributed by atoms with E-state index in [1.807, 2.05) is 0 Å². The van der Waals surface area contributed by atoms with Crippen molar-refractivity contribution in [1.82, 2.24) is 14.8 Å². The third-order valence-corrected chi connectivity index (χ3v) is 4.04.